The van der Waals surface area contributed by atoms with Crippen molar-refractivity contribution in [2.24, 2.45) is 11.7 Å². The molecule has 2 unspecified atom stereocenters. The highest BCUT2D eigenvalue weighted by Crippen LogP contribution is 2.13. The van der Waals surface area contributed by atoms with Gasteiger partial charge in [0.15, 0.2) is 0 Å². The van der Waals surface area contributed by atoms with Crippen LogP contribution in [0.4, 0.5) is 0 Å². The largest absolute Gasteiger partial charge is 0.481 e. The van der Waals surface area contributed by atoms with E-state index in [4.69, 9.17) is 15.9 Å². The predicted octanol–water partition coefficient (Wildman–Crippen LogP) is -1.76. The predicted molar refractivity (Wildman–Crippen MR) is 95.5 cm³/mol. The summed E-state index contributed by atoms with van der Waals surface area (Å²) in [5.41, 5.74) is 4.84. The van der Waals surface area contributed by atoms with Gasteiger partial charge in [0.1, 0.15) is 6.04 Å². The second-order valence-electron chi connectivity index (χ2n) is 6.26. The minimum absolute atomic E-state index is 0.148. The van der Waals surface area contributed by atoms with E-state index >= 15 is 0 Å². The number of carboxylic acids is 2. The Morgan fingerprint density at radius 3 is 1.55 bits per heavy atom. The number of hydrogen-bond acceptors (Lipinski definition) is 11. The van der Waals surface area contributed by atoms with Gasteiger partial charge in [0, 0.05) is 12.8 Å². The highest BCUT2D eigenvalue weighted by atomic mass is 16.6. The van der Waals surface area contributed by atoms with Gasteiger partial charge >= 0.3 is 35.8 Å². The molecule has 14 heteroatoms. The van der Waals surface area contributed by atoms with E-state index in [1.54, 1.807) is 6.92 Å². The topological polar surface area (TPSA) is 234 Å². The van der Waals surface area contributed by atoms with Gasteiger partial charge in [0.25, 0.3) is 0 Å². The summed E-state index contributed by atoms with van der Waals surface area (Å²) in [6, 6.07) is -1.29. The Labute approximate surface area is 175 Å². The number of nitrogens with two attached hydrogens (primary N) is 1. The number of amides is 2. The van der Waals surface area contributed by atoms with Crippen molar-refractivity contribution in [3.63, 3.8) is 0 Å². The van der Waals surface area contributed by atoms with Crippen molar-refractivity contribution >= 4 is 47.6 Å². The molecule has 3 saturated heterocycles. The molecule has 0 saturated carbocycles. The normalized spacial score (nSPS) is 20.0. The molecule has 0 aromatic carbocycles. The molecule has 3 aliphatic rings. The van der Waals surface area contributed by atoms with Gasteiger partial charge in [-0.25, -0.2) is 0 Å². The maximum Gasteiger partial charge on any atom is 0.321 e. The van der Waals surface area contributed by atoms with E-state index in [1.807, 2.05) is 0 Å². The van der Waals surface area contributed by atoms with Crippen LogP contribution in [0.1, 0.15) is 45.4 Å². The number of nitrogens with one attached hydrogen (secondary N) is 1. The molecule has 3 rings (SSSR count). The summed E-state index contributed by atoms with van der Waals surface area (Å²) in [5.74, 6) is -4.60. The first-order valence-corrected chi connectivity index (χ1v) is 8.82. The smallest absolute Gasteiger partial charge is 0.321 e. The second kappa shape index (κ2) is 13.5. The van der Waals surface area contributed by atoms with Crippen LogP contribution < -0.4 is 11.1 Å². The van der Waals surface area contributed by atoms with Crippen LogP contribution in [0, 0.1) is 5.92 Å². The van der Waals surface area contributed by atoms with Crippen LogP contribution in [0.25, 0.3) is 0 Å². The lowest BCUT2D eigenvalue weighted by molar-refractivity contribution is -0.154. The third kappa shape index (κ3) is 13.2. The van der Waals surface area contributed by atoms with E-state index in [0.717, 1.165) is 0 Å². The fourth-order valence-electron chi connectivity index (χ4n) is 1.80. The second-order valence-corrected chi connectivity index (χ2v) is 6.26. The number of carboxylic acid groups (broad SMARTS) is 2. The lowest BCUT2D eigenvalue weighted by Gasteiger charge is -1.99. The molecule has 31 heavy (non-hydrogen) atoms. The Hall–Kier alpha value is -3.68. The fraction of sp³-hybridized carbons (Fsp3) is 0.529. The molecule has 0 aromatic rings. The summed E-state index contributed by atoms with van der Waals surface area (Å²) in [6.45, 7) is 1.67. The number of hydrogen-bond donors (Lipinski definition) is 4. The number of rotatable bonds is 3. The van der Waals surface area contributed by atoms with Crippen LogP contribution in [0.2, 0.25) is 0 Å². The van der Waals surface area contributed by atoms with Crippen LogP contribution >= 0.6 is 0 Å². The zero-order chi connectivity index (χ0) is 24.1. The molecule has 3 heterocycles. The monoisotopic (exact) mass is 446 g/mol. The molecule has 0 aliphatic carbocycles. The Morgan fingerprint density at radius 1 is 0.935 bits per heavy atom. The molecular formula is C17H22N2O12. The van der Waals surface area contributed by atoms with Crippen LogP contribution in [-0.2, 0) is 47.8 Å². The average molecular weight is 446 g/mol. The van der Waals surface area contributed by atoms with E-state index in [0.29, 0.717) is 12.8 Å². The third-order valence-corrected chi connectivity index (χ3v) is 3.42. The zero-order valence-corrected chi connectivity index (χ0v) is 16.5. The molecule has 172 valence electrons. The van der Waals surface area contributed by atoms with Gasteiger partial charge in [0.2, 0.25) is 11.8 Å². The lowest BCUT2D eigenvalue weighted by atomic mass is 10.1. The molecule has 2 atom stereocenters. The average Bonchev–Trinajstić information content (AvgIpc) is 3.29. The van der Waals surface area contributed by atoms with Gasteiger partial charge in [-0.05, 0) is 0 Å². The molecule has 14 nitrogen and oxygen atoms in total. The lowest BCUT2D eigenvalue weighted by Crippen LogP contribution is -2.32. The van der Waals surface area contributed by atoms with Gasteiger partial charge in [-0.1, -0.05) is 6.92 Å². The molecule has 5 N–H and O–H groups in total. The van der Waals surface area contributed by atoms with Gasteiger partial charge in [0.05, 0.1) is 31.6 Å². The molecular weight excluding hydrogens is 424 g/mol. The first kappa shape index (κ1) is 27.3. The Bertz CT molecular complexity index is 702. The zero-order valence-electron chi connectivity index (χ0n) is 16.5. The fourth-order valence-corrected chi connectivity index (χ4v) is 1.80. The van der Waals surface area contributed by atoms with Crippen LogP contribution in [0.3, 0.4) is 0 Å². The van der Waals surface area contributed by atoms with Crippen LogP contribution in [-0.4, -0.2) is 63.9 Å². The maximum atomic E-state index is 10.3. The Balaban J connectivity index is 0.000000388. The minimum atomic E-state index is -1.29. The summed E-state index contributed by atoms with van der Waals surface area (Å²) in [7, 11) is 0. The van der Waals surface area contributed by atoms with Gasteiger partial charge in [-0.15, -0.1) is 0 Å². The molecule has 3 aliphatic heterocycles. The standard InChI is InChI=1S/C5H6O3.C4H7NO4.C4H5NO2.C4H4O3/c1-3-2-4(6)8-5(3)7;5-2(4(8)9)1-3(6)7;6-3-1-2-4(7)5-3;5-3-1-2-4(6)7-3/h3H,2H2,1H3;2H,1,5H2,(H,6,7)(H,8,9);1-2H2,(H,5,6,7);1-2H2. The molecule has 3 fully saturated rings. The number of aliphatic carboxylic acids is 2. The van der Waals surface area contributed by atoms with Crippen molar-refractivity contribution in [2.75, 3.05) is 0 Å². The van der Waals surface area contributed by atoms with Crippen molar-refractivity contribution < 1.29 is 58.0 Å². The highest BCUT2D eigenvalue weighted by Gasteiger charge is 2.28. The SMILES string of the molecule is CC1CC(=O)OC1=O.NC(CC(=O)O)C(=O)O.O=C1CCC(=O)N1.O=C1CCC(=O)O1. The van der Waals surface area contributed by atoms with E-state index in [1.165, 1.54) is 0 Å². The first-order valence-electron chi connectivity index (χ1n) is 8.82. The summed E-state index contributed by atoms with van der Waals surface area (Å²) >= 11 is 0. The Morgan fingerprint density at radius 2 is 1.42 bits per heavy atom. The molecule has 0 aromatic heterocycles. The van der Waals surface area contributed by atoms with Crippen molar-refractivity contribution in [3.8, 4) is 0 Å². The molecule has 0 bridgehead atoms. The van der Waals surface area contributed by atoms with Crippen molar-refractivity contribution in [1.82, 2.24) is 5.32 Å². The van der Waals surface area contributed by atoms with E-state index < -0.39 is 48.3 Å². The summed E-state index contributed by atoms with van der Waals surface area (Å²) in [5, 5.41) is 18.2. The molecule has 2 amide bonds. The maximum absolute atomic E-state index is 10.3. The van der Waals surface area contributed by atoms with Gasteiger partial charge < -0.3 is 25.4 Å². The van der Waals surface area contributed by atoms with Crippen molar-refractivity contribution in [1.29, 1.82) is 0 Å². The van der Waals surface area contributed by atoms with E-state index in [2.05, 4.69) is 14.8 Å². The van der Waals surface area contributed by atoms with Gasteiger partial charge in [-0.3, -0.25) is 43.7 Å². The number of carbonyl (C=O) groups is 8. The number of cyclic esters (lactones) is 4. The summed E-state index contributed by atoms with van der Waals surface area (Å²) < 4.78 is 8.28. The quantitative estimate of drug-likeness (QED) is 0.214. The molecule has 0 radical (unpaired) electrons. The number of ether oxygens (including phenoxy) is 2. The summed E-state index contributed by atoms with van der Waals surface area (Å²) in [4.78, 5) is 80.4. The van der Waals surface area contributed by atoms with Crippen molar-refractivity contribution in [3.05, 3.63) is 0 Å². The first-order chi connectivity index (χ1) is 14.3. The van der Waals surface area contributed by atoms with E-state index in [9.17, 15) is 38.4 Å². The third-order valence-electron chi connectivity index (χ3n) is 3.42. The number of esters is 4. The van der Waals surface area contributed by atoms with Crippen molar-refractivity contribution in [2.45, 2.75) is 51.5 Å². The minimum Gasteiger partial charge on any atom is -0.481 e. The van der Waals surface area contributed by atoms with Crippen LogP contribution in [0.5, 0.6) is 0 Å². The number of carbonyl (C=O) groups excluding carboxylic acids is 6. The Kier molecular flexibility index (Phi) is 11.9. The summed E-state index contributed by atoms with van der Waals surface area (Å²) in [6.07, 6.45) is 0.990. The van der Waals surface area contributed by atoms with Crippen LogP contribution in [0.15, 0.2) is 0 Å². The van der Waals surface area contributed by atoms with Gasteiger partial charge in [-0.2, -0.15) is 0 Å². The molecule has 0 spiro atoms. The van der Waals surface area contributed by atoms with E-state index in [-0.39, 0.29) is 37.0 Å². The number of imide groups is 1. The highest BCUT2D eigenvalue weighted by molar-refractivity contribution is 6.01.